The SMILES string of the molecule is CCc1ccsc1C(=O)Oc1ccc(OCc2nc(C)no2)cc1. The van der Waals surface area contributed by atoms with Gasteiger partial charge >= 0.3 is 5.97 Å². The Morgan fingerprint density at radius 3 is 2.62 bits per heavy atom. The van der Waals surface area contributed by atoms with Gasteiger partial charge in [-0.1, -0.05) is 12.1 Å². The van der Waals surface area contributed by atoms with Crippen LogP contribution in [0, 0.1) is 6.92 Å². The van der Waals surface area contributed by atoms with Crippen molar-refractivity contribution >= 4 is 17.3 Å². The molecule has 0 aliphatic heterocycles. The maximum atomic E-state index is 12.2. The zero-order valence-electron chi connectivity index (χ0n) is 13.3. The summed E-state index contributed by atoms with van der Waals surface area (Å²) in [5.41, 5.74) is 1.000. The van der Waals surface area contributed by atoms with Crippen molar-refractivity contribution in [1.29, 1.82) is 0 Å². The number of hydrogen-bond acceptors (Lipinski definition) is 7. The van der Waals surface area contributed by atoms with Gasteiger partial charge in [-0.05, 0) is 54.6 Å². The van der Waals surface area contributed by atoms with Gasteiger partial charge in [0.1, 0.15) is 16.4 Å². The lowest BCUT2D eigenvalue weighted by molar-refractivity contribution is 0.0738. The normalized spacial score (nSPS) is 10.6. The number of ether oxygens (including phenoxy) is 2. The summed E-state index contributed by atoms with van der Waals surface area (Å²) in [4.78, 5) is 16.9. The minimum Gasteiger partial charge on any atom is -0.484 e. The van der Waals surface area contributed by atoms with Crippen molar-refractivity contribution in [1.82, 2.24) is 10.1 Å². The molecule has 1 aromatic carbocycles. The molecule has 124 valence electrons. The Balaban J connectivity index is 1.59. The number of carbonyl (C=O) groups is 1. The first-order chi connectivity index (χ1) is 11.7. The molecule has 3 aromatic rings. The molecule has 24 heavy (non-hydrogen) atoms. The molecule has 0 radical (unpaired) electrons. The summed E-state index contributed by atoms with van der Waals surface area (Å²) >= 11 is 1.39. The number of nitrogens with zero attached hydrogens (tertiary/aromatic N) is 2. The largest absolute Gasteiger partial charge is 0.484 e. The van der Waals surface area contributed by atoms with Crippen LogP contribution >= 0.6 is 11.3 Å². The van der Waals surface area contributed by atoms with Crippen LogP contribution in [-0.4, -0.2) is 16.1 Å². The predicted molar refractivity (Wildman–Crippen MR) is 88.5 cm³/mol. The van der Waals surface area contributed by atoms with Gasteiger partial charge in [0.15, 0.2) is 12.4 Å². The van der Waals surface area contributed by atoms with Gasteiger partial charge in [-0.15, -0.1) is 11.3 Å². The van der Waals surface area contributed by atoms with Crippen LogP contribution in [0.15, 0.2) is 40.2 Å². The van der Waals surface area contributed by atoms with Crippen molar-refractivity contribution in [3.05, 3.63) is 57.9 Å². The number of rotatable bonds is 6. The molecule has 2 heterocycles. The first-order valence-electron chi connectivity index (χ1n) is 7.46. The number of thiophene rings is 1. The summed E-state index contributed by atoms with van der Waals surface area (Å²) in [6.07, 6.45) is 0.801. The molecule has 0 fully saturated rings. The van der Waals surface area contributed by atoms with Crippen molar-refractivity contribution in [3.63, 3.8) is 0 Å². The average Bonchev–Trinajstić information content (AvgIpc) is 3.22. The quantitative estimate of drug-likeness (QED) is 0.500. The zero-order chi connectivity index (χ0) is 16.9. The van der Waals surface area contributed by atoms with Crippen molar-refractivity contribution in [2.75, 3.05) is 0 Å². The van der Waals surface area contributed by atoms with Crippen molar-refractivity contribution in [3.8, 4) is 11.5 Å². The second-order valence-corrected chi connectivity index (χ2v) is 5.93. The van der Waals surface area contributed by atoms with Gasteiger partial charge in [-0.3, -0.25) is 0 Å². The van der Waals surface area contributed by atoms with Crippen LogP contribution in [0.1, 0.15) is 33.9 Å². The van der Waals surface area contributed by atoms with E-state index in [0.29, 0.717) is 28.1 Å². The van der Waals surface area contributed by atoms with Gasteiger partial charge in [0.25, 0.3) is 5.89 Å². The van der Waals surface area contributed by atoms with Crippen LogP contribution in [0.2, 0.25) is 0 Å². The lowest BCUT2D eigenvalue weighted by Gasteiger charge is -2.06. The highest BCUT2D eigenvalue weighted by molar-refractivity contribution is 7.12. The van der Waals surface area contributed by atoms with E-state index in [1.807, 2.05) is 18.4 Å². The molecule has 6 nitrogen and oxygen atoms in total. The van der Waals surface area contributed by atoms with E-state index in [9.17, 15) is 4.79 Å². The number of hydrogen-bond donors (Lipinski definition) is 0. The number of aromatic nitrogens is 2. The van der Waals surface area contributed by atoms with E-state index in [0.717, 1.165) is 12.0 Å². The van der Waals surface area contributed by atoms with Crippen molar-refractivity contribution in [2.45, 2.75) is 26.9 Å². The fraction of sp³-hybridized carbons (Fsp3) is 0.235. The van der Waals surface area contributed by atoms with Gasteiger partial charge in [-0.2, -0.15) is 4.98 Å². The van der Waals surface area contributed by atoms with Gasteiger partial charge in [0.2, 0.25) is 0 Å². The summed E-state index contributed by atoms with van der Waals surface area (Å²) in [5.74, 6) is 1.73. The molecular weight excluding hydrogens is 328 g/mol. The van der Waals surface area contributed by atoms with E-state index in [1.54, 1.807) is 31.2 Å². The third kappa shape index (κ3) is 3.80. The van der Waals surface area contributed by atoms with Crippen LogP contribution in [0.25, 0.3) is 0 Å². The smallest absolute Gasteiger partial charge is 0.353 e. The number of benzene rings is 1. The molecule has 0 atom stereocenters. The summed E-state index contributed by atoms with van der Waals surface area (Å²) in [6, 6.07) is 8.76. The summed E-state index contributed by atoms with van der Waals surface area (Å²) in [5, 5.41) is 5.59. The molecule has 0 saturated heterocycles. The predicted octanol–water partition coefficient (Wildman–Crippen LogP) is 3.80. The highest BCUT2D eigenvalue weighted by Gasteiger charge is 2.14. The highest BCUT2D eigenvalue weighted by atomic mass is 32.1. The Morgan fingerprint density at radius 1 is 1.21 bits per heavy atom. The van der Waals surface area contributed by atoms with E-state index in [1.165, 1.54) is 11.3 Å². The topological polar surface area (TPSA) is 74.5 Å². The Bertz CT molecular complexity index is 823. The van der Waals surface area contributed by atoms with Gasteiger partial charge < -0.3 is 14.0 Å². The van der Waals surface area contributed by atoms with Gasteiger partial charge in [0, 0.05) is 0 Å². The van der Waals surface area contributed by atoms with E-state index in [2.05, 4.69) is 10.1 Å². The number of carbonyl (C=O) groups excluding carboxylic acids is 1. The Labute approximate surface area is 143 Å². The molecule has 2 aromatic heterocycles. The van der Waals surface area contributed by atoms with E-state index < -0.39 is 0 Å². The number of aryl methyl sites for hydroxylation is 2. The fourth-order valence-corrected chi connectivity index (χ4v) is 2.96. The standard InChI is InChI=1S/C17H16N2O4S/c1-3-12-8-9-24-16(12)17(20)22-14-6-4-13(5-7-14)21-10-15-18-11(2)19-23-15/h4-9H,3,10H2,1-2H3. The van der Waals surface area contributed by atoms with Crippen LogP contribution < -0.4 is 9.47 Å². The van der Waals surface area contributed by atoms with Crippen molar-refractivity contribution < 1.29 is 18.8 Å². The van der Waals surface area contributed by atoms with E-state index in [4.69, 9.17) is 14.0 Å². The van der Waals surface area contributed by atoms with E-state index >= 15 is 0 Å². The fourth-order valence-electron chi connectivity index (χ4n) is 2.09. The molecule has 0 bridgehead atoms. The average molecular weight is 344 g/mol. The zero-order valence-corrected chi connectivity index (χ0v) is 14.1. The maximum absolute atomic E-state index is 12.2. The third-order valence-electron chi connectivity index (χ3n) is 3.28. The summed E-state index contributed by atoms with van der Waals surface area (Å²) in [7, 11) is 0. The molecule has 0 unspecified atom stereocenters. The minimum atomic E-state index is -0.336. The molecule has 0 spiro atoms. The van der Waals surface area contributed by atoms with Crippen LogP contribution in [0.4, 0.5) is 0 Å². The third-order valence-corrected chi connectivity index (χ3v) is 4.22. The minimum absolute atomic E-state index is 0.190. The Morgan fingerprint density at radius 2 is 1.96 bits per heavy atom. The van der Waals surface area contributed by atoms with Crippen LogP contribution in [0.3, 0.4) is 0 Å². The first kappa shape index (κ1) is 16.2. The van der Waals surface area contributed by atoms with Gasteiger partial charge in [-0.25, -0.2) is 4.79 Å². The molecule has 7 heteroatoms. The molecule has 0 saturated carbocycles. The summed E-state index contributed by atoms with van der Waals surface area (Å²) in [6.45, 7) is 3.94. The first-order valence-corrected chi connectivity index (χ1v) is 8.34. The van der Waals surface area contributed by atoms with E-state index in [-0.39, 0.29) is 12.6 Å². The van der Waals surface area contributed by atoms with Crippen LogP contribution in [0.5, 0.6) is 11.5 Å². The van der Waals surface area contributed by atoms with Gasteiger partial charge in [0.05, 0.1) is 0 Å². The molecule has 3 rings (SSSR count). The molecular formula is C17H16N2O4S. The second kappa shape index (κ2) is 7.27. The molecule has 0 aliphatic carbocycles. The van der Waals surface area contributed by atoms with Crippen molar-refractivity contribution in [2.24, 2.45) is 0 Å². The Kier molecular flexibility index (Phi) is 4.90. The molecule has 0 N–H and O–H groups in total. The lowest BCUT2D eigenvalue weighted by atomic mass is 10.2. The van der Waals surface area contributed by atoms with Crippen LogP contribution in [-0.2, 0) is 13.0 Å². The Hall–Kier alpha value is -2.67. The summed E-state index contributed by atoms with van der Waals surface area (Å²) < 4.78 is 15.9. The maximum Gasteiger partial charge on any atom is 0.353 e. The molecule has 0 amide bonds. The molecule has 0 aliphatic rings. The lowest BCUT2D eigenvalue weighted by Crippen LogP contribution is -2.08. The monoisotopic (exact) mass is 344 g/mol. The highest BCUT2D eigenvalue weighted by Crippen LogP contribution is 2.22. The second-order valence-electron chi connectivity index (χ2n) is 5.01. The number of esters is 1.